The van der Waals surface area contributed by atoms with E-state index in [0.717, 1.165) is 38.5 Å². The maximum atomic E-state index is 12.1. The smallest absolute Gasteiger partial charge is 0.297 e. The van der Waals surface area contributed by atoms with Crippen LogP contribution in [0.2, 0.25) is 0 Å². The lowest BCUT2D eigenvalue weighted by atomic mass is 9.86. The molecular weight excluding hydrogens is 228 g/mol. The highest BCUT2D eigenvalue weighted by molar-refractivity contribution is 5.80. The van der Waals surface area contributed by atoms with E-state index < -0.39 is 0 Å². The molecule has 2 saturated carbocycles. The predicted octanol–water partition coefficient (Wildman–Crippen LogP) is 2.13. The molecule has 3 rings (SSSR count). The molecule has 1 aromatic rings. The van der Waals surface area contributed by atoms with Crippen molar-refractivity contribution in [1.82, 2.24) is 9.13 Å². The maximum Gasteiger partial charge on any atom is 0.328 e. The maximum absolute atomic E-state index is 12.1. The third kappa shape index (κ3) is 2.28. The molecule has 0 bridgehead atoms. The van der Waals surface area contributed by atoms with E-state index >= 15 is 0 Å². The Morgan fingerprint density at radius 3 is 2.50 bits per heavy atom. The van der Waals surface area contributed by atoms with Crippen molar-refractivity contribution in [2.75, 3.05) is 0 Å². The second kappa shape index (κ2) is 4.75. The largest absolute Gasteiger partial charge is 0.328 e. The number of carbonyl (C=O) groups excluding carboxylic acids is 1. The molecule has 2 aliphatic rings. The molecule has 1 aromatic heterocycles. The van der Waals surface area contributed by atoms with Gasteiger partial charge in [-0.2, -0.15) is 0 Å². The minimum Gasteiger partial charge on any atom is -0.297 e. The van der Waals surface area contributed by atoms with Crippen molar-refractivity contribution < 1.29 is 4.79 Å². The Bertz CT molecular complexity index is 490. The standard InChI is InChI=1S/C14H20N2O2/c17-13(11-4-2-1-3-5-11)10-15-8-9-16(14(15)18)12-6-7-12/h8-9,11-12H,1-7,10H2. The number of imidazole rings is 1. The van der Waals surface area contributed by atoms with Gasteiger partial charge in [-0.1, -0.05) is 19.3 Å². The zero-order chi connectivity index (χ0) is 12.5. The SMILES string of the molecule is O=C(Cn1ccn(C2CC2)c1=O)C1CCCCC1. The van der Waals surface area contributed by atoms with Crippen LogP contribution in [0.5, 0.6) is 0 Å². The van der Waals surface area contributed by atoms with Crippen LogP contribution in [-0.2, 0) is 11.3 Å². The summed E-state index contributed by atoms with van der Waals surface area (Å²) in [4.78, 5) is 24.2. The van der Waals surface area contributed by atoms with Gasteiger partial charge in [-0.15, -0.1) is 0 Å². The number of Topliss-reactive ketones (excluding diaryl/α,β-unsaturated/α-hetero) is 1. The van der Waals surface area contributed by atoms with Gasteiger partial charge in [-0.3, -0.25) is 13.9 Å². The normalized spacial score (nSPS) is 21.1. The third-order valence-electron chi connectivity index (χ3n) is 4.20. The molecule has 0 spiro atoms. The molecule has 0 unspecified atom stereocenters. The quantitative estimate of drug-likeness (QED) is 0.819. The number of carbonyl (C=O) groups is 1. The summed E-state index contributed by atoms with van der Waals surface area (Å²) in [6, 6.07) is 0.392. The van der Waals surface area contributed by atoms with Gasteiger partial charge >= 0.3 is 5.69 Å². The van der Waals surface area contributed by atoms with Crippen LogP contribution in [0.4, 0.5) is 0 Å². The number of hydrogen-bond acceptors (Lipinski definition) is 2. The Hall–Kier alpha value is -1.32. The first-order valence-corrected chi connectivity index (χ1v) is 7.05. The fourth-order valence-electron chi connectivity index (χ4n) is 2.90. The van der Waals surface area contributed by atoms with Crippen molar-refractivity contribution in [2.45, 2.75) is 57.5 Å². The summed E-state index contributed by atoms with van der Waals surface area (Å²) in [6.45, 7) is 0.267. The number of hydrogen-bond donors (Lipinski definition) is 0. The summed E-state index contributed by atoms with van der Waals surface area (Å²) in [5.74, 6) is 0.431. The van der Waals surface area contributed by atoms with E-state index in [0.29, 0.717) is 6.04 Å². The van der Waals surface area contributed by atoms with Crippen molar-refractivity contribution in [3.63, 3.8) is 0 Å². The van der Waals surface area contributed by atoms with Crippen LogP contribution >= 0.6 is 0 Å². The highest BCUT2D eigenvalue weighted by Gasteiger charge is 2.27. The van der Waals surface area contributed by atoms with Crippen LogP contribution in [0.25, 0.3) is 0 Å². The average Bonchev–Trinajstić information content (AvgIpc) is 3.17. The second-order valence-electron chi connectivity index (χ2n) is 5.65. The molecule has 0 aromatic carbocycles. The molecule has 0 radical (unpaired) electrons. The minimum atomic E-state index is -0.0124. The minimum absolute atomic E-state index is 0.0124. The van der Waals surface area contributed by atoms with Gasteiger partial charge in [0.1, 0.15) is 0 Å². The highest BCUT2D eigenvalue weighted by atomic mass is 16.2. The fraction of sp³-hybridized carbons (Fsp3) is 0.714. The number of rotatable bonds is 4. The second-order valence-corrected chi connectivity index (χ2v) is 5.65. The fourth-order valence-corrected chi connectivity index (χ4v) is 2.90. The summed E-state index contributed by atoms with van der Waals surface area (Å²) >= 11 is 0. The van der Waals surface area contributed by atoms with Crippen LogP contribution in [0.15, 0.2) is 17.2 Å². The molecule has 0 aliphatic heterocycles. The van der Waals surface area contributed by atoms with Crippen LogP contribution in [0, 0.1) is 5.92 Å². The van der Waals surface area contributed by atoms with E-state index in [4.69, 9.17) is 0 Å². The van der Waals surface area contributed by atoms with Crippen LogP contribution in [0.3, 0.4) is 0 Å². The molecule has 0 atom stereocenters. The molecule has 2 fully saturated rings. The van der Waals surface area contributed by atoms with E-state index in [9.17, 15) is 9.59 Å². The Labute approximate surface area is 107 Å². The Kier molecular flexibility index (Phi) is 3.10. The first kappa shape index (κ1) is 11.8. The van der Waals surface area contributed by atoms with Crippen molar-refractivity contribution in [1.29, 1.82) is 0 Å². The van der Waals surface area contributed by atoms with E-state index in [1.807, 2.05) is 6.20 Å². The van der Waals surface area contributed by atoms with E-state index in [2.05, 4.69) is 0 Å². The first-order chi connectivity index (χ1) is 8.75. The lowest BCUT2D eigenvalue weighted by Gasteiger charge is -2.20. The molecule has 98 valence electrons. The Balaban J connectivity index is 1.68. The van der Waals surface area contributed by atoms with Gasteiger partial charge in [0.2, 0.25) is 0 Å². The topological polar surface area (TPSA) is 44.0 Å². The molecule has 4 nitrogen and oxygen atoms in total. The predicted molar refractivity (Wildman–Crippen MR) is 68.5 cm³/mol. The van der Waals surface area contributed by atoms with Crippen molar-refractivity contribution in [2.24, 2.45) is 5.92 Å². The van der Waals surface area contributed by atoms with Crippen molar-refractivity contribution >= 4 is 5.78 Å². The lowest BCUT2D eigenvalue weighted by molar-refractivity contribution is -0.124. The summed E-state index contributed by atoms with van der Waals surface area (Å²) in [7, 11) is 0. The lowest BCUT2D eigenvalue weighted by Crippen LogP contribution is -2.29. The van der Waals surface area contributed by atoms with Gasteiger partial charge in [0.25, 0.3) is 0 Å². The summed E-state index contributed by atoms with van der Waals surface area (Å²) in [5.41, 5.74) is -0.0124. The molecule has 0 N–H and O–H groups in total. The van der Waals surface area contributed by atoms with Crippen molar-refractivity contribution in [3.8, 4) is 0 Å². The molecular formula is C14H20N2O2. The molecule has 2 aliphatic carbocycles. The Morgan fingerprint density at radius 1 is 1.11 bits per heavy atom. The van der Waals surface area contributed by atoms with Gasteiger partial charge in [-0.05, 0) is 25.7 Å². The van der Waals surface area contributed by atoms with Crippen molar-refractivity contribution in [3.05, 3.63) is 22.9 Å². The van der Waals surface area contributed by atoms with Crippen LogP contribution < -0.4 is 5.69 Å². The third-order valence-corrected chi connectivity index (χ3v) is 4.20. The molecule has 1 heterocycles. The molecule has 18 heavy (non-hydrogen) atoms. The summed E-state index contributed by atoms with van der Waals surface area (Å²) < 4.78 is 3.35. The first-order valence-electron chi connectivity index (χ1n) is 7.05. The van der Waals surface area contributed by atoms with Crippen LogP contribution in [0.1, 0.15) is 51.0 Å². The highest BCUT2D eigenvalue weighted by Crippen LogP contribution is 2.33. The number of aromatic nitrogens is 2. The average molecular weight is 248 g/mol. The zero-order valence-electron chi connectivity index (χ0n) is 10.7. The molecule has 0 amide bonds. The van der Waals surface area contributed by atoms with E-state index in [1.54, 1.807) is 15.3 Å². The Morgan fingerprint density at radius 2 is 1.83 bits per heavy atom. The molecule has 4 heteroatoms. The van der Waals surface area contributed by atoms with Gasteiger partial charge < -0.3 is 0 Å². The molecule has 0 saturated heterocycles. The van der Waals surface area contributed by atoms with E-state index in [-0.39, 0.29) is 23.9 Å². The number of ketones is 1. The van der Waals surface area contributed by atoms with Gasteiger partial charge in [-0.25, -0.2) is 4.79 Å². The summed E-state index contributed by atoms with van der Waals surface area (Å²) in [6.07, 6.45) is 11.4. The monoisotopic (exact) mass is 248 g/mol. The number of nitrogens with zero attached hydrogens (tertiary/aromatic N) is 2. The van der Waals surface area contributed by atoms with Gasteiger partial charge in [0.15, 0.2) is 5.78 Å². The summed E-state index contributed by atoms with van der Waals surface area (Å²) in [5, 5.41) is 0. The zero-order valence-corrected chi connectivity index (χ0v) is 10.7. The van der Waals surface area contributed by atoms with E-state index in [1.165, 1.54) is 6.42 Å². The van der Waals surface area contributed by atoms with Gasteiger partial charge in [0, 0.05) is 24.4 Å². The van der Waals surface area contributed by atoms with Gasteiger partial charge in [0.05, 0.1) is 6.54 Å². The van der Waals surface area contributed by atoms with Crippen LogP contribution in [-0.4, -0.2) is 14.9 Å².